The number of nitrogens with one attached hydrogen (secondary N) is 1. The zero-order valence-corrected chi connectivity index (χ0v) is 9.51. The minimum Gasteiger partial charge on any atom is -0.480 e. The van der Waals surface area contributed by atoms with E-state index in [0.717, 1.165) is 0 Å². The fraction of sp³-hybridized carbons (Fsp3) is 0.800. The van der Waals surface area contributed by atoms with Gasteiger partial charge < -0.3 is 15.5 Å². The summed E-state index contributed by atoms with van der Waals surface area (Å²) < 4.78 is 0. The lowest BCUT2D eigenvalue weighted by Crippen LogP contribution is -2.44. The second-order valence-electron chi connectivity index (χ2n) is 4.40. The minimum atomic E-state index is -0.992. The SMILES string of the molecule is CC(C)NC(=O)CN1CC(O)CC1C(=O)O. The molecule has 6 heteroatoms. The number of rotatable bonds is 4. The third kappa shape index (κ3) is 3.46. The molecule has 0 aromatic carbocycles. The van der Waals surface area contributed by atoms with Crippen molar-refractivity contribution in [2.24, 2.45) is 0 Å². The number of aliphatic hydroxyl groups excluding tert-OH is 1. The van der Waals surface area contributed by atoms with Crippen LogP contribution in [0.5, 0.6) is 0 Å². The Hall–Kier alpha value is -1.14. The zero-order valence-electron chi connectivity index (χ0n) is 9.51. The third-order valence-corrected chi connectivity index (χ3v) is 2.46. The molecule has 0 aromatic heterocycles. The summed E-state index contributed by atoms with van der Waals surface area (Å²) in [5.41, 5.74) is 0. The molecule has 92 valence electrons. The lowest BCUT2D eigenvalue weighted by Gasteiger charge is -2.20. The summed E-state index contributed by atoms with van der Waals surface area (Å²) in [4.78, 5) is 23.8. The number of aliphatic carboxylic acids is 1. The normalized spacial score (nSPS) is 26.0. The fourth-order valence-electron chi connectivity index (χ4n) is 1.86. The Balaban J connectivity index is 2.52. The maximum Gasteiger partial charge on any atom is 0.321 e. The first-order valence-corrected chi connectivity index (χ1v) is 5.34. The summed E-state index contributed by atoms with van der Waals surface area (Å²) in [6.45, 7) is 3.94. The second-order valence-corrected chi connectivity index (χ2v) is 4.40. The predicted molar refractivity (Wildman–Crippen MR) is 56.9 cm³/mol. The Labute approximate surface area is 94.2 Å². The molecule has 2 atom stereocenters. The van der Waals surface area contributed by atoms with Crippen molar-refractivity contribution in [1.82, 2.24) is 10.2 Å². The molecule has 0 saturated carbocycles. The highest BCUT2D eigenvalue weighted by atomic mass is 16.4. The van der Waals surface area contributed by atoms with Crippen molar-refractivity contribution in [3.63, 3.8) is 0 Å². The van der Waals surface area contributed by atoms with E-state index in [9.17, 15) is 14.7 Å². The summed E-state index contributed by atoms with van der Waals surface area (Å²) in [7, 11) is 0. The quantitative estimate of drug-likeness (QED) is 0.578. The van der Waals surface area contributed by atoms with Gasteiger partial charge in [0.2, 0.25) is 5.91 Å². The zero-order chi connectivity index (χ0) is 12.3. The molecule has 2 unspecified atom stereocenters. The van der Waals surface area contributed by atoms with Crippen LogP contribution in [0.15, 0.2) is 0 Å². The molecule has 3 N–H and O–H groups in total. The molecule has 1 amide bonds. The van der Waals surface area contributed by atoms with Crippen LogP contribution in [-0.4, -0.2) is 58.3 Å². The summed E-state index contributed by atoms with van der Waals surface area (Å²) in [5, 5.41) is 21.0. The number of carboxylic acid groups (broad SMARTS) is 1. The van der Waals surface area contributed by atoms with Gasteiger partial charge in [-0.1, -0.05) is 0 Å². The van der Waals surface area contributed by atoms with Gasteiger partial charge in [-0.25, -0.2) is 0 Å². The molecule has 6 nitrogen and oxygen atoms in total. The van der Waals surface area contributed by atoms with E-state index in [1.54, 1.807) is 0 Å². The number of hydrogen-bond donors (Lipinski definition) is 3. The standard InChI is InChI=1S/C10H18N2O4/c1-6(2)11-9(14)5-12-4-7(13)3-8(12)10(15)16/h6-8,13H,3-5H2,1-2H3,(H,11,14)(H,15,16). The smallest absolute Gasteiger partial charge is 0.321 e. The highest BCUT2D eigenvalue weighted by Gasteiger charge is 2.36. The first-order chi connectivity index (χ1) is 7.40. The topological polar surface area (TPSA) is 89.9 Å². The first kappa shape index (κ1) is 12.9. The van der Waals surface area contributed by atoms with Gasteiger partial charge in [-0.3, -0.25) is 14.5 Å². The number of carbonyl (C=O) groups excluding carboxylic acids is 1. The monoisotopic (exact) mass is 230 g/mol. The van der Waals surface area contributed by atoms with Crippen molar-refractivity contribution < 1.29 is 19.8 Å². The van der Waals surface area contributed by atoms with Gasteiger partial charge >= 0.3 is 5.97 Å². The van der Waals surface area contributed by atoms with E-state index in [-0.39, 0.29) is 31.5 Å². The fourth-order valence-corrected chi connectivity index (χ4v) is 1.86. The van der Waals surface area contributed by atoms with E-state index in [1.807, 2.05) is 13.8 Å². The van der Waals surface area contributed by atoms with Gasteiger partial charge in [0.25, 0.3) is 0 Å². The van der Waals surface area contributed by atoms with Crippen LogP contribution in [0.3, 0.4) is 0 Å². The molecule has 1 rings (SSSR count). The number of nitrogens with zero attached hydrogens (tertiary/aromatic N) is 1. The van der Waals surface area contributed by atoms with Crippen LogP contribution in [0.25, 0.3) is 0 Å². The van der Waals surface area contributed by atoms with Crippen molar-refractivity contribution in [3.05, 3.63) is 0 Å². The van der Waals surface area contributed by atoms with Crippen LogP contribution in [0.2, 0.25) is 0 Å². The number of carbonyl (C=O) groups is 2. The molecule has 1 aliphatic heterocycles. The van der Waals surface area contributed by atoms with Crippen LogP contribution in [-0.2, 0) is 9.59 Å². The lowest BCUT2D eigenvalue weighted by molar-refractivity contribution is -0.142. The number of likely N-dealkylation sites (tertiary alicyclic amines) is 1. The minimum absolute atomic E-state index is 0.0200. The molecule has 16 heavy (non-hydrogen) atoms. The van der Waals surface area contributed by atoms with Gasteiger partial charge in [-0.2, -0.15) is 0 Å². The van der Waals surface area contributed by atoms with E-state index in [0.29, 0.717) is 0 Å². The van der Waals surface area contributed by atoms with Crippen molar-refractivity contribution in [2.75, 3.05) is 13.1 Å². The third-order valence-electron chi connectivity index (χ3n) is 2.46. The molecule has 0 aliphatic carbocycles. The van der Waals surface area contributed by atoms with Crippen molar-refractivity contribution in [2.45, 2.75) is 38.5 Å². The highest BCUT2D eigenvalue weighted by molar-refractivity contribution is 5.80. The van der Waals surface area contributed by atoms with Gasteiger partial charge in [-0.05, 0) is 13.8 Å². The summed E-state index contributed by atoms with van der Waals surface area (Å²) in [6, 6.07) is -0.726. The lowest BCUT2D eigenvalue weighted by atomic mass is 10.2. The number of hydrogen-bond acceptors (Lipinski definition) is 4. The molecular weight excluding hydrogens is 212 g/mol. The van der Waals surface area contributed by atoms with Crippen molar-refractivity contribution in [1.29, 1.82) is 0 Å². The molecule has 1 aliphatic rings. The molecular formula is C10H18N2O4. The molecule has 1 fully saturated rings. The average Bonchev–Trinajstić information content (AvgIpc) is 2.44. The Kier molecular flexibility index (Phi) is 4.26. The van der Waals surface area contributed by atoms with Crippen LogP contribution in [0.1, 0.15) is 20.3 Å². The van der Waals surface area contributed by atoms with Crippen molar-refractivity contribution in [3.8, 4) is 0 Å². The molecule has 1 saturated heterocycles. The van der Waals surface area contributed by atoms with Crippen LogP contribution in [0.4, 0.5) is 0 Å². The van der Waals surface area contributed by atoms with E-state index in [4.69, 9.17) is 5.11 Å². The first-order valence-electron chi connectivity index (χ1n) is 5.34. The van der Waals surface area contributed by atoms with Gasteiger partial charge in [-0.15, -0.1) is 0 Å². The van der Waals surface area contributed by atoms with Crippen molar-refractivity contribution >= 4 is 11.9 Å². The Morgan fingerprint density at radius 2 is 2.12 bits per heavy atom. The Bertz CT molecular complexity index is 280. The number of amides is 1. The Morgan fingerprint density at radius 1 is 1.50 bits per heavy atom. The van der Waals surface area contributed by atoms with Gasteiger partial charge in [0.15, 0.2) is 0 Å². The van der Waals surface area contributed by atoms with E-state index in [2.05, 4.69) is 5.32 Å². The summed E-state index contributed by atoms with van der Waals surface area (Å²) in [6.07, 6.45) is -0.474. The molecule has 0 aromatic rings. The number of carboxylic acids is 1. The van der Waals surface area contributed by atoms with E-state index < -0.39 is 18.1 Å². The molecule has 1 heterocycles. The van der Waals surface area contributed by atoms with Crippen LogP contribution in [0, 0.1) is 0 Å². The molecule has 0 bridgehead atoms. The van der Waals surface area contributed by atoms with E-state index >= 15 is 0 Å². The predicted octanol–water partition coefficient (Wildman–Crippen LogP) is -0.969. The average molecular weight is 230 g/mol. The number of β-amino-alcohol motifs (C(OH)–C–C–N with tert-alkyl or cyclic N) is 1. The second kappa shape index (κ2) is 5.27. The summed E-state index contributed by atoms with van der Waals surface area (Å²) in [5.74, 6) is -1.20. The van der Waals surface area contributed by atoms with Crippen LogP contribution < -0.4 is 5.32 Å². The summed E-state index contributed by atoms with van der Waals surface area (Å²) >= 11 is 0. The maximum absolute atomic E-state index is 11.5. The maximum atomic E-state index is 11.5. The van der Waals surface area contributed by atoms with Gasteiger partial charge in [0, 0.05) is 19.0 Å². The largest absolute Gasteiger partial charge is 0.480 e. The van der Waals surface area contributed by atoms with Gasteiger partial charge in [0.1, 0.15) is 6.04 Å². The van der Waals surface area contributed by atoms with E-state index in [1.165, 1.54) is 4.90 Å². The highest BCUT2D eigenvalue weighted by Crippen LogP contribution is 2.17. The van der Waals surface area contributed by atoms with Gasteiger partial charge in [0.05, 0.1) is 12.6 Å². The molecule has 0 spiro atoms. The number of aliphatic hydroxyl groups is 1. The van der Waals surface area contributed by atoms with Crippen LogP contribution >= 0.6 is 0 Å². The Morgan fingerprint density at radius 3 is 2.62 bits per heavy atom. The molecule has 0 radical (unpaired) electrons.